The van der Waals surface area contributed by atoms with Gasteiger partial charge >= 0.3 is 0 Å². The predicted octanol–water partition coefficient (Wildman–Crippen LogP) is 2.33. The van der Waals surface area contributed by atoms with E-state index in [2.05, 4.69) is 20.8 Å². The van der Waals surface area contributed by atoms with Gasteiger partial charge in [-0.25, -0.2) is 0 Å². The van der Waals surface area contributed by atoms with E-state index in [1.807, 2.05) is 14.0 Å². The third-order valence-electron chi connectivity index (χ3n) is 3.78. The number of carbonyl (C=O) groups is 1. The highest BCUT2D eigenvalue weighted by atomic mass is 35.5. The second kappa shape index (κ2) is 9.00. The molecule has 0 aromatic carbocycles. The molecule has 1 aliphatic carbocycles. The normalized spacial score (nSPS) is 17.0. The van der Waals surface area contributed by atoms with E-state index < -0.39 is 0 Å². The molecule has 0 aliphatic heterocycles. The molecule has 1 aromatic rings. The first-order chi connectivity index (χ1) is 9.70. The monoisotopic (exact) mass is 316 g/mol. The average Bonchev–Trinajstić information content (AvgIpc) is 2.96. The Kier molecular flexibility index (Phi) is 7.67. The van der Waals surface area contributed by atoms with Crippen molar-refractivity contribution in [1.82, 2.24) is 20.8 Å². The lowest BCUT2D eigenvalue weighted by atomic mass is 9.89. The molecule has 1 saturated carbocycles. The molecule has 0 spiro atoms. The topological polar surface area (TPSA) is 80.0 Å². The number of aromatic nitrogens is 2. The Morgan fingerprint density at radius 1 is 1.38 bits per heavy atom. The van der Waals surface area contributed by atoms with Crippen molar-refractivity contribution in [2.45, 2.75) is 57.4 Å². The molecular formula is C14H25ClN4O2. The highest BCUT2D eigenvalue weighted by Crippen LogP contribution is 2.31. The molecule has 6 nitrogen and oxygen atoms in total. The fraction of sp³-hybridized carbons (Fsp3) is 0.786. The lowest BCUT2D eigenvalue weighted by Crippen LogP contribution is -2.29. The minimum absolute atomic E-state index is 0. The van der Waals surface area contributed by atoms with Crippen LogP contribution in [0.15, 0.2) is 4.52 Å². The van der Waals surface area contributed by atoms with Crippen LogP contribution in [0.2, 0.25) is 0 Å². The largest absolute Gasteiger partial charge is 0.345 e. The Bertz CT molecular complexity index is 432. The van der Waals surface area contributed by atoms with Gasteiger partial charge in [0.25, 0.3) is 0 Å². The molecular weight excluding hydrogens is 292 g/mol. The molecule has 1 heterocycles. The summed E-state index contributed by atoms with van der Waals surface area (Å²) in [6.07, 6.45) is 6.52. The standard InChI is InChI=1S/C14H24N4O2.ClH/c1-10(16-12(19)8-9-15-2)14-17-13(18-20-14)11-6-4-3-5-7-11;/h10-11,15H,3-9H2,1-2H3,(H,16,19);1H. The zero-order valence-corrected chi connectivity index (χ0v) is 13.5. The first-order valence-electron chi connectivity index (χ1n) is 7.48. The highest BCUT2D eigenvalue weighted by molar-refractivity contribution is 5.85. The number of nitrogens with zero attached hydrogens (tertiary/aromatic N) is 2. The van der Waals surface area contributed by atoms with Gasteiger partial charge in [0.2, 0.25) is 11.8 Å². The van der Waals surface area contributed by atoms with Crippen molar-refractivity contribution in [3.05, 3.63) is 11.7 Å². The predicted molar refractivity (Wildman–Crippen MR) is 82.5 cm³/mol. The zero-order valence-electron chi connectivity index (χ0n) is 12.7. The highest BCUT2D eigenvalue weighted by Gasteiger charge is 2.23. The van der Waals surface area contributed by atoms with Gasteiger partial charge < -0.3 is 15.2 Å². The molecule has 1 unspecified atom stereocenters. The maximum Gasteiger partial charge on any atom is 0.248 e. The molecule has 1 aromatic heterocycles. The molecule has 1 atom stereocenters. The minimum atomic E-state index is -0.232. The fourth-order valence-corrected chi connectivity index (χ4v) is 2.56. The Morgan fingerprint density at radius 2 is 2.10 bits per heavy atom. The van der Waals surface area contributed by atoms with E-state index in [0.717, 1.165) is 18.7 Å². The van der Waals surface area contributed by atoms with Crippen molar-refractivity contribution < 1.29 is 9.32 Å². The van der Waals surface area contributed by atoms with E-state index in [-0.39, 0.29) is 24.4 Å². The molecule has 21 heavy (non-hydrogen) atoms. The van der Waals surface area contributed by atoms with Gasteiger partial charge in [0, 0.05) is 18.9 Å². The second-order valence-corrected chi connectivity index (χ2v) is 5.47. The number of halogens is 1. The number of amides is 1. The molecule has 0 radical (unpaired) electrons. The summed E-state index contributed by atoms with van der Waals surface area (Å²) in [6, 6.07) is -0.232. The van der Waals surface area contributed by atoms with Gasteiger partial charge in [-0.15, -0.1) is 12.4 Å². The van der Waals surface area contributed by atoms with E-state index in [1.165, 1.54) is 19.3 Å². The first kappa shape index (κ1) is 17.9. The SMILES string of the molecule is CNCCC(=O)NC(C)c1nc(C2CCCCC2)no1.Cl. The average molecular weight is 317 g/mol. The molecule has 1 aliphatic rings. The van der Waals surface area contributed by atoms with E-state index in [4.69, 9.17) is 4.52 Å². The van der Waals surface area contributed by atoms with Crippen LogP contribution in [0.1, 0.15) is 69.1 Å². The Morgan fingerprint density at radius 3 is 2.76 bits per heavy atom. The number of hydrogen-bond donors (Lipinski definition) is 2. The summed E-state index contributed by atoms with van der Waals surface area (Å²) in [4.78, 5) is 16.1. The van der Waals surface area contributed by atoms with Crippen LogP contribution in [0.5, 0.6) is 0 Å². The number of carbonyl (C=O) groups excluding carboxylic acids is 1. The van der Waals surface area contributed by atoms with Crippen molar-refractivity contribution in [2.24, 2.45) is 0 Å². The lowest BCUT2D eigenvalue weighted by Gasteiger charge is -2.17. The van der Waals surface area contributed by atoms with Gasteiger partial charge in [-0.2, -0.15) is 4.98 Å². The van der Waals surface area contributed by atoms with Crippen molar-refractivity contribution in [3.63, 3.8) is 0 Å². The molecule has 2 rings (SSSR count). The van der Waals surface area contributed by atoms with E-state index in [1.54, 1.807) is 0 Å². The lowest BCUT2D eigenvalue weighted by molar-refractivity contribution is -0.121. The maximum atomic E-state index is 11.7. The van der Waals surface area contributed by atoms with Crippen LogP contribution in [0.25, 0.3) is 0 Å². The van der Waals surface area contributed by atoms with E-state index >= 15 is 0 Å². The molecule has 1 amide bonds. The van der Waals surface area contributed by atoms with Crippen molar-refractivity contribution in [3.8, 4) is 0 Å². The van der Waals surface area contributed by atoms with Crippen LogP contribution < -0.4 is 10.6 Å². The van der Waals surface area contributed by atoms with Crippen molar-refractivity contribution >= 4 is 18.3 Å². The van der Waals surface area contributed by atoms with Crippen LogP contribution in [0, 0.1) is 0 Å². The summed E-state index contributed by atoms with van der Waals surface area (Å²) < 4.78 is 5.29. The quantitative estimate of drug-likeness (QED) is 0.842. The maximum absolute atomic E-state index is 11.7. The third kappa shape index (κ3) is 5.28. The van der Waals surface area contributed by atoms with Gasteiger partial charge in [-0.3, -0.25) is 4.79 Å². The smallest absolute Gasteiger partial charge is 0.248 e. The third-order valence-corrected chi connectivity index (χ3v) is 3.78. The Hall–Kier alpha value is -1.14. The fourth-order valence-electron chi connectivity index (χ4n) is 2.56. The first-order valence-corrected chi connectivity index (χ1v) is 7.48. The summed E-state index contributed by atoms with van der Waals surface area (Å²) in [7, 11) is 1.82. The second-order valence-electron chi connectivity index (χ2n) is 5.47. The number of rotatable bonds is 6. The number of hydrogen-bond acceptors (Lipinski definition) is 5. The summed E-state index contributed by atoms with van der Waals surface area (Å²) in [5, 5.41) is 9.90. The van der Waals surface area contributed by atoms with Crippen molar-refractivity contribution in [2.75, 3.05) is 13.6 Å². The Balaban J connectivity index is 0.00000220. The molecule has 0 saturated heterocycles. The van der Waals surface area contributed by atoms with Crippen LogP contribution in [-0.2, 0) is 4.79 Å². The summed E-state index contributed by atoms with van der Waals surface area (Å²) in [5.74, 6) is 1.72. The molecule has 7 heteroatoms. The molecule has 2 N–H and O–H groups in total. The van der Waals surface area contributed by atoms with Gasteiger partial charge in [0.1, 0.15) is 6.04 Å². The van der Waals surface area contributed by atoms with Crippen LogP contribution >= 0.6 is 12.4 Å². The van der Waals surface area contributed by atoms with Crippen LogP contribution in [0.4, 0.5) is 0 Å². The minimum Gasteiger partial charge on any atom is -0.345 e. The molecule has 0 bridgehead atoms. The van der Waals surface area contributed by atoms with Crippen LogP contribution in [0.3, 0.4) is 0 Å². The van der Waals surface area contributed by atoms with E-state index in [9.17, 15) is 4.79 Å². The van der Waals surface area contributed by atoms with Crippen molar-refractivity contribution in [1.29, 1.82) is 0 Å². The summed E-state index contributed by atoms with van der Waals surface area (Å²) in [6.45, 7) is 2.53. The Labute approximate surface area is 131 Å². The molecule has 1 fully saturated rings. The van der Waals surface area contributed by atoms with Crippen LogP contribution in [-0.4, -0.2) is 29.6 Å². The van der Waals surface area contributed by atoms with E-state index in [0.29, 0.717) is 24.8 Å². The van der Waals surface area contributed by atoms with Gasteiger partial charge in [-0.05, 0) is 26.8 Å². The summed E-state index contributed by atoms with van der Waals surface area (Å²) in [5.41, 5.74) is 0. The van der Waals surface area contributed by atoms with Gasteiger partial charge in [0.15, 0.2) is 5.82 Å². The molecule has 120 valence electrons. The zero-order chi connectivity index (χ0) is 14.4. The van der Waals surface area contributed by atoms with Gasteiger partial charge in [-0.1, -0.05) is 24.4 Å². The number of nitrogens with one attached hydrogen (secondary N) is 2. The summed E-state index contributed by atoms with van der Waals surface area (Å²) >= 11 is 0. The van der Waals surface area contributed by atoms with Gasteiger partial charge in [0.05, 0.1) is 0 Å².